The van der Waals surface area contributed by atoms with Crippen molar-refractivity contribution in [1.29, 1.82) is 0 Å². The first-order chi connectivity index (χ1) is 31.0. The van der Waals surface area contributed by atoms with Crippen molar-refractivity contribution in [2.24, 2.45) is 35.5 Å². The van der Waals surface area contributed by atoms with Crippen LogP contribution in [-0.4, -0.2) is 178 Å². The highest BCUT2D eigenvalue weighted by molar-refractivity contribution is 5.91. The molecule has 22 nitrogen and oxygen atoms in total. The fraction of sp³-hybridized carbons (Fsp3) is 0.721. The predicted molar refractivity (Wildman–Crippen MR) is 213 cm³/mol. The van der Waals surface area contributed by atoms with E-state index in [-0.39, 0.29) is 59.7 Å². The zero-order chi connectivity index (χ0) is 47.4. The Morgan fingerprint density at radius 2 is 1.37 bits per heavy atom. The number of esters is 4. The summed E-state index contributed by atoms with van der Waals surface area (Å²) >= 11 is 0. The molecule has 364 valence electrons. The third-order valence-corrected chi connectivity index (χ3v) is 13.3. The number of fused-ring (bicyclic) bond motifs is 3. The van der Waals surface area contributed by atoms with Gasteiger partial charge in [0, 0.05) is 28.9 Å². The Balaban J connectivity index is 1.14. The number of cyclic esters (lactones) is 1. The van der Waals surface area contributed by atoms with Gasteiger partial charge in [0.15, 0.2) is 12.6 Å². The van der Waals surface area contributed by atoms with Crippen LogP contribution in [0, 0.1) is 35.5 Å². The van der Waals surface area contributed by atoms with Gasteiger partial charge in [-0.05, 0) is 38.0 Å². The normalized spacial score (nSPS) is 42.4. The number of hydrogen-bond acceptors (Lipinski definition) is 22. The first-order valence-corrected chi connectivity index (χ1v) is 21.5. The molecule has 0 aromatic rings. The molecular formula is C43H60O22. The van der Waals surface area contributed by atoms with Gasteiger partial charge in [-0.2, -0.15) is 0 Å². The zero-order valence-electron chi connectivity index (χ0n) is 36.5. The Kier molecular flexibility index (Phi) is 16.8. The van der Waals surface area contributed by atoms with Crippen molar-refractivity contribution < 1.29 is 107 Å². The SMILES string of the molecule is CC=C1[C@H](O[C@@H]2O[C@H](CO)[C@@H](O)[C@H](O)[C@H]2O)OC=C2C(=O)OC[C@H](C)[C@H]3C[C@H](OC(=O)C[C@H]21)[C@H](C)[C@@H]3COC(=O)C[C@@H]1C(C(=O)OC)=CO[C@@H](O[C@@H]2O[C@H](CO)[C@@H](O)[C@H](O)[C@H]2O)/C1=C/C. The van der Waals surface area contributed by atoms with Gasteiger partial charge in [-0.1, -0.05) is 26.0 Å². The number of hydrogen-bond donors (Lipinski definition) is 8. The first kappa shape index (κ1) is 50.4. The lowest BCUT2D eigenvalue weighted by molar-refractivity contribution is -0.327. The van der Waals surface area contributed by atoms with Crippen molar-refractivity contribution in [3.05, 3.63) is 47.0 Å². The van der Waals surface area contributed by atoms with E-state index >= 15 is 0 Å². The molecule has 5 heterocycles. The van der Waals surface area contributed by atoms with E-state index in [0.29, 0.717) is 6.42 Å². The fourth-order valence-electron chi connectivity index (χ4n) is 9.35. The molecule has 0 aromatic heterocycles. The smallest absolute Gasteiger partial charge is 0.337 e. The standard InChI is InChI=1S/C43H60O22/c1-6-19-22(25(38(54)56-5)15-59-40(19)64-42-36(52)34(50)32(48)28(11-44)62-42)9-30(46)57-14-24-18(4)27-8-21(24)17(3)13-58-39(55)26-16-60-41(20(7-2)23(26)10-31(47)61-27)65-43-37(53)35(51)33(49)29(12-45)63-43/h6-7,15-18,21-24,27-29,32-37,40-45,48-53H,8-14H2,1-5H3/b19-6+,20-7?/t17-,18+,21+,22-,23-,24-,27-,28+,29+,32+,33+,34-,35-,36+,37+,40-,41-,42-,43-/m0/s1. The molecule has 4 fully saturated rings. The lowest BCUT2D eigenvalue weighted by Crippen LogP contribution is -2.60. The van der Waals surface area contributed by atoms with Crippen LogP contribution in [0.15, 0.2) is 47.0 Å². The van der Waals surface area contributed by atoms with Crippen LogP contribution < -0.4 is 0 Å². The predicted octanol–water partition coefficient (Wildman–Crippen LogP) is -1.90. The van der Waals surface area contributed by atoms with Crippen LogP contribution in [0.2, 0.25) is 0 Å². The minimum absolute atomic E-state index is 0.0165. The number of aliphatic hydroxyl groups excluding tert-OH is 8. The summed E-state index contributed by atoms with van der Waals surface area (Å²) < 4.78 is 56.8. The zero-order valence-corrected chi connectivity index (χ0v) is 36.5. The molecule has 0 radical (unpaired) electrons. The number of methoxy groups -OCH3 is 1. The van der Waals surface area contributed by atoms with E-state index in [0.717, 1.165) is 19.6 Å². The molecule has 65 heavy (non-hydrogen) atoms. The van der Waals surface area contributed by atoms with Gasteiger partial charge in [0.05, 0.1) is 70.0 Å². The summed E-state index contributed by atoms with van der Waals surface area (Å²) in [6.45, 7) is 5.29. The van der Waals surface area contributed by atoms with E-state index in [1.807, 2.05) is 13.8 Å². The minimum atomic E-state index is -1.77. The number of carbonyl (C=O) groups is 4. The second kappa shape index (κ2) is 21.7. The molecule has 5 aliphatic heterocycles. The number of aliphatic hydroxyl groups is 8. The van der Waals surface area contributed by atoms with Gasteiger partial charge < -0.3 is 88.2 Å². The summed E-state index contributed by atoms with van der Waals surface area (Å²) in [7, 11) is 1.14. The molecule has 22 heteroatoms. The van der Waals surface area contributed by atoms with E-state index in [9.17, 15) is 60.0 Å². The van der Waals surface area contributed by atoms with E-state index in [1.165, 1.54) is 6.08 Å². The van der Waals surface area contributed by atoms with Crippen LogP contribution in [0.3, 0.4) is 0 Å². The van der Waals surface area contributed by atoms with E-state index < -0.39 is 141 Å². The van der Waals surface area contributed by atoms with Crippen LogP contribution in [-0.2, 0) is 66.5 Å². The van der Waals surface area contributed by atoms with Gasteiger partial charge in [-0.3, -0.25) is 9.59 Å². The van der Waals surface area contributed by atoms with Crippen molar-refractivity contribution in [1.82, 2.24) is 0 Å². The van der Waals surface area contributed by atoms with Crippen LogP contribution in [0.1, 0.15) is 47.0 Å². The van der Waals surface area contributed by atoms with Crippen LogP contribution in [0.4, 0.5) is 0 Å². The molecule has 2 bridgehead atoms. The molecule has 19 atom stereocenters. The van der Waals surface area contributed by atoms with Crippen molar-refractivity contribution >= 4 is 23.9 Å². The maximum atomic E-state index is 13.8. The van der Waals surface area contributed by atoms with Gasteiger partial charge in [-0.15, -0.1) is 0 Å². The van der Waals surface area contributed by atoms with E-state index in [2.05, 4.69) is 0 Å². The number of rotatable bonds is 11. The average molecular weight is 929 g/mol. The van der Waals surface area contributed by atoms with Gasteiger partial charge in [0.1, 0.15) is 54.9 Å². The maximum Gasteiger partial charge on any atom is 0.337 e. The third-order valence-electron chi connectivity index (χ3n) is 13.3. The van der Waals surface area contributed by atoms with E-state index in [1.54, 1.807) is 19.9 Å². The molecule has 6 rings (SSSR count). The molecule has 0 spiro atoms. The topological polar surface area (TPSA) is 322 Å². The number of carbonyl (C=O) groups excluding carboxylic acids is 4. The largest absolute Gasteiger partial charge is 0.468 e. The number of allylic oxidation sites excluding steroid dienone is 2. The molecule has 0 unspecified atom stereocenters. The summed E-state index contributed by atoms with van der Waals surface area (Å²) in [6.07, 6.45) is -14.6. The summed E-state index contributed by atoms with van der Waals surface area (Å²) in [6, 6.07) is 0. The first-order valence-electron chi connectivity index (χ1n) is 21.5. The minimum Gasteiger partial charge on any atom is -0.468 e. The number of ether oxygens (including phenoxy) is 10. The highest BCUT2D eigenvalue weighted by Crippen LogP contribution is 2.45. The second-order valence-electron chi connectivity index (χ2n) is 17.0. The third kappa shape index (κ3) is 10.6. The summed E-state index contributed by atoms with van der Waals surface area (Å²) in [4.78, 5) is 54.1. The Morgan fingerprint density at radius 3 is 1.92 bits per heavy atom. The quantitative estimate of drug-likeness (QED) is 0.0637. The molecule has 1 aliphatic carbocycles. The molecule has 1 saturated carbocycles. The maximum absolute atomic E-state index is 13.8. The van der Waals surface area contributed by atoms with Crippen LogP contribution in [0.25, 0.3) is 0 Å². The highest BCUT2D eigenvalue weighted by atomic mass is 16.8. The summed E-state index contributed by atoms with van der Waals surface area (Å²) in [5.74, 6) is -6.39. The lowest BCUT2D eigenvalue weighted by atomic mass is 9.83. The van der Waals surface area contributed by atoms with Gasteiger partial charge in [0.25, 0.3) is 0 Å². The Bertz CT molecular complexity index is 1840. The van der Waals surface area contributed by atoms with Crippen LogP contribution in [0.5, 0.6) is 0 Å². The van der Waals surface area contributed by atoms with Crippen molar-refractivity contribution in [3.63, 3.8) is 0 Å². The lowest BCUT2D eigenvalue weighted by Gasteiger charge is -2.42. The van der Waals surface area contributed by atoms with Crippen LogP contribution >= 0.6 is 0 Å². The van der Waals surface area contributed by atoms with Gasteiger partial charge in [-0.25, -0.2) is 9.59 Å². The monoisotopic (exact) mass is 928 g/mol. The van der Waals surface area contributed by atoms with E-state index in [4.69, 9.17) is 47.4 Å². The van der Waals surface area contributed by atoms with Gasteiger partial charge in [0.2, 0.25) is 12.6 Å². The average Bonchev–Trinajstić information content (AvgIpc) is 3.60. The molecular weight excluding hydrogens is 868 g/mol. The second-order valence-corrected chi connectivity index (χ2v) is 17.0. The Labute approximate surface area is 373 Å². The Morgan fingerprint density at radius 1 is 0.800 bits per heavy atom. The summed E-state index contributed by atoms with van der Waals surface area (Å²) in [5.41, 5.74) is 0.427. The van der Waals surface area contributed by atoms with Crippen molar-refractivity contribution in [3.8, 4) is 0 Å². The highest BCUT2D eigenvalue weighted by Gasteiger charge is 2.51. The van der Waals surface area contributed by atoms with Crippen molar-refractivity contribution in [2.45, 2.75) is 127 Å². The molecule has 0 aromatic carbocycles. The van der Waals surface area contributed by atoms with Gasteiger partial charge >= 0.3 is 23.9 Å². The molecule has 3 saturated heterocycles. The van der Waals surface area contributed by atoms with Crippen molar-refractivity contribution in [2.75, 3.05) is 33.5 Å². The Hall–Kier alpha value is -4.04. The fourth-order valence-corrected chi connectivity index (χ4v) is 9.35. The summed E-state index contributed by atoms with van der Waals surface area (Å²) in [5, 5.41) is 81.4. The molecule has 8 N–H and O–H groups in total. The molecule has 0 amide bonds. The molecule has 6 aliphatic rings.